The van der Waals surface area contributed by atoms with E-state index >= 15 is 0 Å². The molecule has 4 aromatic rings. The third kappa shape index (κ3) is 8.68. The Bertz CT molecular complexity index is 1730. The van der Waals surface area contributed by atoms with Crippen LogP contribution in [0.3, 0.4) is 0 Å². The van der Waals surface area contributed by atoms with Crippen molar-refractivity contribution in [1.29, 1.82) is 0 Å². The van der Waals surface area contributed by atoms with E-state index in [0.29, 0.717) is 6.54 Å². The summed E-state index contributed by atoms with van der Waals surface area (Å²) in [5.74, 6) is -0.482. The van der Waals surface area contributed by atoms with Crippen LogP contribution in [-0.4, -0.2) is 51.4 Å². The third-order valence-corrected chi connectivity index (χ3v) is 9.59. The van der Waals surface area contributed by atoms with E-state index in [9.17, 15) is 18.0 Å². The number of nitrogens with one attached hydrogen (secondary N) is 1. The Morgan fingerprint density at radius 3 is 2.15 bits per heavy atom. The zero-order valence-corrected chi connectivity index (χ0v) is 28.1. The second kappa shape index (κ2) is 15.8. The Kier molecular flexibility index (Phi) is 11.8. The van der Waals surface area contributed by atoms with Gasteiger partial charge in [-0.1, -0.05) is 98.2 Å². The van der Waals surface area contributed by atoms with Gasteiger partial charge in [0.2, 0.25) is 11.8 Å². The lowest BCUT2D eigenvalue weighted by molar-refractivity contribution is -0.140. The molecule has 0 heterocycles. The fourth-order valence-electron chi connectivity index (χ4n) is 5.04. The molecule has 2 amide bonds. The number of carbonyl (C=O) groups is 2. The third-order valence-electron chi connectivity index (χ3n) is 7.58. The predicted octanol–water partition coefficient (Wildman–Crippen LogP) is 6.26. The molecule has 4 rings (SSSR count). The van der Waals surface area contributed by atoms with E-state index in [1.165, 1.54) is 30.2 Å². The predicted molar refractivity (Wildman–Crippen MR) is 182 cm³/mol. The quantitative estimate of drug-likeness (QED) is 0.172. The Morgan fingerprint density at radius 2 is 1.52 bits per heavy atom. The van der Waals surface area contributed by atoms with Gasteiger partial charge in [-0.05, 0) is 59.9 Å². The van der Waals surface area contributed by atoms with E-state index in [1.807, 2.05) is 75.4 Å². The fraction of sp³-hybridized carbons (Fsp3) is 0.278. The summed E-state index contributed by atoms with van der Waals surface area (Å²) in [5, 5.41) is 3.27. The highest BCUT2D eigenvalue weighted by atomic mass is 35.5. The van der Waals surface area contributed by atoms with Gasteiger partial charge in [0.25, 0.3) is 10.0 Å². The molecule has 4 aromatic carbocycles. The number of amides is 2. The highest BCUT2D eigenvalue weighted by Gasteiger charge is 2.35. The van der Waals surface area contributed by atoms with Gasteiger partial charge < -0.3 is 15.0 Å². The number of ether oxygens (including phenoxy) is 1. The van der Waals surface area contributed by atoms with Crippen LogP contribution in [0.2, 0.25) is 5.02 Å². The lowest BCUT2D eigenvalue weighted by Gasteiger charge is -2.34. The molecule has 0 aliphatic carbocycles. The molecule has 1 N–H and O–H groups in total. The van der Waals surface area contributed by atoms with Crippen molar-refractivity contribution in [2.45, 2.75) is 44.7 Å². The maximum Gasteiger partial charge on any atom is 0.264 e. The first kappa shape index (κ1) is 34.5. The number of hydrogen-bond donors (Lipinski definition) is 1. The first-order valence-corrected chi connectivity index (χ1v) is 16.9. The lowest BCUT2D eigenvalue weighted by Crippen LogP contribution is -2.53. The lowest BCUT2D eigenvalue weighted by atomic mass is 10.0. The molecule has 8 nitrogen and oxygen atoms in total. The zero-order valence-electron chi connectivity index (χ0n) is 26.5. The van der Waals surface area contributed by atoms with E-state index in [2.05, 4.69) is 5.32 Å². The number of anilines is 1. The van der Waals surface area contributed by atoms with Gasteiger partial charge in [0.1, 0.15) is 18.3 Å². The number of sulfonamides is 1. The number of benzene rings is 4. The van der Waals surface area contributed by atoms with Gasteiger partial charge in [0, 0.05) is 24.5 Å². The summed E-state index contributed by atoms with van der Waals surface area (Å²) >= 11 is 6.36. The van der Waals surface area contributed by atoms with Crippen molar-refractivity contribution in [3.05, 3.63) is 125 Å². The summed E-state index contributed by atoms with van der Waals surface area (Å²) in [7, 11) is -2.87. The minimum atomic E-state index is -4.29. The number of halogens is 1. The van der Waals surface area contributed by atoms with Crippen molar-refractivity contribution in [3.8, 4) is 5.75 Å². The van der Waals surface area contributed by atoms with Gasteiger partial charge in [-0.25, -0.2) is 8.42 Å². The molecule has 242 valence electrons. The molecule has 0 saturated carbocycles. The van der Waals surface area contributed by atoms with Crippen molar-refractivity contribution in [2.24, 2.45) is 5.92 Å². The SMILES string of the molecule is COc1ccc(Cl)cc1N(CC(=O)N(Cc1ccccc1C)[C@@H](Cc1ccccc1)C(=O)NCC(C)C)S(=O)(=O)c1ccccc1. The van der Waals surface area contributed by atoms with Crippen LogP contribution in [0.4, 0.5) is 5.69 Å². The molecule has 0 aromatic heterocycles. The molecule has 0 spiro atoms. The number of hydrogen-bond acceptors (Lipinski definition) is 5. The van der Waals surface area contributed by atoms with Crippen LogP contribution in [0.1, 0.15) is 30.5 Å². The minimum Gasteiger partial charge on any atom is -0.495 e. The summed E-state index contributed by atoms with van der Waals surface area (Å²) in [6.07, 6.45) is 0.230. The molecule has 0 radical (unpaired) electrons. The van der Waals surface area contributed by atoms with Crippen LogP contribution in [-0.2, 0) is 32.6 Å². The first-order chi connectivity index (χ1) is 22.0. The summed E-state index contributed by atoms with van der Waals surface area (Å²) < 4.78 is 35.0. The van der Waals surface area contributed by atoms with Crippen molar-refractivity contribution in [3.63, 3.8) is 0 Å². The maximum absolute atomic E-state index is 14.6. The highest BCUT2D eigenvalue weighted by Crippen LogP contribution is 2.35. The smallest absolute Gasteiger partial charge is 0.264 e. The first-order valence-electron chi connectivity index (χ1n) is 15.1. The Labute approximate surface area is 277 Å². The molecular weight excluding hydrogens is 622 g/mol. The van der Waals surface area contributed by atoms with Crippen LogP contribution in [0, 0.1) is 12.8 Å². The van der Waals surface area contributed by atoms with E-state index in [0.717, 1.165) is 21.0 Å². The van der Waals surface area contributed by atoms with Crippen molar-refractivity contribution < 1.29 is 22.7 Å². The summed E-state index contributed by atoms with van der Waals surface area (Å²) in [4.78, 5) is 30.0. The Morgan fingerprint density at radius 1 is 0.891 bits per heavy atom. The Balaban J connectivity index is 1.85. The van der Waals surface area contributed by atoms with Gasteiger partial charge in [-0.15, -0.1) is 0 Å². The Hall–Kier alpha value is -4.34. The topological polar surface area (TPSA) is 96.0 Å². The van der Waals surface area contributed by atoms with E-state index in [-0.39, 0.29) is 46.1 Å². The monoisotopic (exact) mass is 661 g/mol. The molecular formula is C36H40ClN3O5S. The summed E-state index contributed by atoms with van der Waals surface area (Å²) in [6.45, 7) is 5.82. The van der Waals surface area contributed by atoms with Gasteiger partial charge in [0.15, 0.2) is 0 Å². The van der Waals surface area contributed by atoms with Gasteiger partial charge in [-0.2, -0.15) is 0 Å². The summed E-state index contributed by atoms with van der Waals surface area (Å²) in [5.41, 5.74) is 2.74. The molecule has 0 unspecified atom stereocenters. The highest BCUT2D eigenvalue weighted by molar-refractivity contribution is 7.92. The number of methoxy groups -OCH3 is 1. The molecule has 0 saturated heterocycles. The maximum atomic E-state index is 14.6. The average Bonchev–Trinajstić information content (AvgIpc) is 3.05. The normalized spacial score (nSPS) is 12.0. The van der Waals surface area contributed by atoms with Crippen LogP contribution in [0.15, 0.2) is 108 Å². The van der Waals surface area contributed by atoms with Gasteiger partial charge >= 0.3 is 0 Å². The molecule has 1 atom stereocenters. The molecule has 46 heavy (non-hydrogen) atoms. The molecule has 0 fully saturated rings. The standard InChI is InChI=1S/C36H40ClN3O5S/c1-26(2)23-38-36(42)33(21-28-14-7-5-8-15-28)39(24-29-16-12-11-13-27(29)3)35(41)25-40(32-22-30(37)19-20-34(32)45-4)46(43,44)31-17-9-6-10-18-31/h5-20,22,26,33H,21,23-25H2,1-4H3,(H,38,42)/t33-/m0/s1. The minimum absolute atomic E-state index is 0.00852. The van der Waals surface area contributed by atoms with Crippen LogP contribution in [0.25, 0.3) is 0 Å². The number of carbonyl (C=O) groups excluding carboxylic acids is 2. The molecule has 0 bridgehead atoms. The number of aryl methyl sites for hydroxylation is 1. The molecule has 10 heteroatoms. The van der Waals surface area contributed by atoms with Gasteiger partial charge in [-0.3, -0.25) is 13.9 Å². The van der Waals surface area contributed by atoms with Crippen LogP contribution < -0.4 is 14.4 Å². The average molecular weight is 662 g/mol. The fourth-order valence-corrected chi connectivity index (χ4v) is 6.64. The van der Waals surface area contributed by atoms with E-state index in [1.54, 1.807) is 30.3 Å². The number of nitrogens with zero attached hydrogens (tertiary/aromatic N) is 2. The van der Waals surface area contributed by atoms with Crippen LogP contribution in [0.5, 0.6) is 5.75 Å². The second-order valence-electron chi connectivity index (χ2n) is 11.4. The molecule has 0 aliphatic rings. The summed E-state index contributed by atoms with van der Waals surface area (Å²) in [6, 6.07) is 28.6. The largest absolute Gasteiger partial charge is 0.495 e. The van der Waals surface area contributed by atoms with E-state index < -0.39 is 28.5 Å². The van der Waals surface area contributed by atoms with Crippen molar-refractivity contribution >= 4 is 39.1 Å². The zero-order chi connectivity index (χ0) is 33.3. The number of rotatable bonds is 14. The second-order valence-corrected chi connectivity index (χ2v) is 13.7. The van der Waals surface area contributed by atoms with Gasteiger partial charge in [0.05, 0.1) is 17.7 Å². The van der Waals surface area contributed by atoms with Crippen molar-refractivity contribution in [2.75, 3.05) is 24.5 Å². The van der Waals surface area contributed by atoms with Crippen LogP contribution >= 0.6 is 11.6 Å². The van der Waals surface area contributed by atoms with Crippen molar-refractivity contribution in [1.82, 2.24) is 10.2 Å². The molecule has 0 aliphatic heterocycles. The van der Waals surface area contributed by atoms with E-state index in [4.69, 9.17) is 16.3 Å².